The highest BCUT2D eigenvalue weighted by atomic mass is 32.2. The molecule has 224 valence electrons. The molecule has 3 heterocycles. The number of amides is 4. The minimum Gasteiger partial charge on any atom is -0.330 e. The zero-order valence-electron chi connectivity index (χ0n) is 24.2. The molecule has 2 aliphatic rings. The van der Waals surface area contributed by atoms with Crippen LogP contribution in [0.15, 0.2) is 66.0 Å². The lowest BCUT2D eigenvalue weighted by Gasteiger charge is -2.24. The highest BCUT2D eigenvalue weighted by Crippen LogP contribution is 2.23. The van der Waals surface area contributed by atoms with Crippen molar-refractivity contribution in [3.63, 3.8) is 0 Å². The molecule has 2 saturated heterocycles. The largest absolute Gasteiger partial charge is 0.330 e. The van der Waals surface area contributed by atoms with Gasteiger partial charge in [0.05, 0.1) is 12.2 Å². The average Bonchev–Trinajstić information content (AvgIpc) is 3.80. The fourth-order valence-electron chi connectivity index (χ4n) is 5.54. The Morgan fingerprint density at radius 1 is 0.791 bits per heavy atom. The molecule has 0 spiro atoms. The average molecular weight is 617 g/mol. The van der Waals surface area contributed by atoms with Crippen LogP contribution in [0.4, 0.5) is 11.4 Å². The molecule has 2 fully saturated rings. The number of thioether (sulfide) groups is 1. The van der Waals surface area contributed by atoms with Gasteiger partial charge in [-0.3, -0.25) is 19.2 Å². The number of hydrogen-bond donors (Lipinski definition) is 2. The van der Waals surface area contributed by atoms with Crippen LogP contribution in [0.25, 0.3) is 12.2 Å². The first-order chi connectivity index (χ1) is 20.9. The first kappa shape index (κ1) is 30.6. The molecule has 4 amide bonds. The third-order valence-corrected chi connectivity index (χ3v) is 9.16. The van der Waals surface area contributed by atoms with E-state index in [9.17, 15) is 19.2 Å². The first-order valence-corrected chi connectivity index (χ1v) is 16.8. The number of nitrogens with one attached hydrogen (secondary N) is 2. The van der Waals surface area contributed by atoms with Crippen molar-refractivity contribution in [2.45, 2.75) is 44.2 Å². The van der Waals surface area contributed by atoms with Gasteiger partial charge in [0.15, 0.2) is 0 Å². The summed E-state index contributed by atoms with van der Waals surface area (Å²) in [5.74, 6) is 0.0981. The molecule has 3 aromatic rings. The topological polar surface area (TPSA) is 98.8 Å². The summed E-state index contributed by atoms with van der Waals surface area (Å²) in [6.45, 7) is 1.24. The SMILES string of the molecule is CSCC(=O)N1CCCC1C(=O)Nc1ccc(/C=C/c2ccc(NC(=O)[C@@H]3CCCN3C(=O)Cc3cccs3)cc2)cc1. The van der Waals surface area contributed by atoms with Gasteiger partial charge in [0.25, 0.3) is 0 Å². The molecule has 0 aliphatic carbocycles. The van der Waals surface area contributed by atoms with Gasteiger partial charge in [0.2, 0.25) is 23.6 Å². The van der Waals surface area contributed by atoms with Crippen LogP contribution in [0.2, 0.25) is 0 Å². The number of benzene rings is 2. The lowest BCUT2D eigenvalue weighted by molar-refractivity contribution is -0.136. The van der Waals surface area contributed by atoms with Crippen molar-refractivity contribution in [1.29, 1.82) is 0 Å². The minimum atomic E-state index is -0.445. The second-order valence-electron chi connectivity index (χ2n) is 10.7. The fourth-order valence-corrected chi connectivity index (χ4v) is 6.65. The second kappa shape index (κ2) is 14.5. The number of hydrogen-bond acceptors (Lipinski definition) is 6. The summed E-state index contributed by atoms with van der Waals surface area (Å²) < 4.78 is 0. The Morgan fingerprint density at radius 3 is 1.77 bits per heavy atom. The van der Waals surface area contributed by atoms with Gasteiger partial charge in [-0.15, -0.1) is 11.3 Å². The maximum atomic E-state index is 13.0. The van der Waals surface area contributed by atoms with E-state index in [0.717, 1.165) is 28.8 Å². The molecule has 0 bridgehead atoms. The van der Waals surface area contributed by atoms with Crippen LogP contribution in [0, 0.1) is 0 Å². The third kappa shape index (κ3) is 7.94. The van der Waals surface area contributed by atoms with Crippen LogP contribution in [-0.4, -0.2) is 70.6 Å². The van der Waals surface area contributed by atoms with Crippen LogP contribution >= 0.6 is 23.1 Å². The van der Waals surface area contributed by atoms with Crippen molar-refractivity contribution >= 4 is 70.3 Å². The van der Waals surface area contributed by atoms with Gasteiger partial charge in [0, 0.05) is 29.3 Å². The summed E-state index contributed by atoms with van der Waals surface area (Å²) in [5.41, 5.74) is 3.33. The van der Waals surface area contributed by atoms with Gasteiger partial charge in [0.1, 0.15) is 12.1 Å². The quantitative estimate of drug-likeness (QED) is 0.298. The number of carbonyl (C=O) groups is 4. The van der Waals surface area contributed by atoms with Crippen LogP contribution < -0.4 is 10.6 Å². The zero-order chi connectivity index (χ0) is 30.2. The zero-order valence-corrected chi connectivity index (χ0v) is 25.8. The molecule has 5 rings (SSSR count). The molecule has 43 heavy (non-hydrogen) atoms. The lowest BCUT2D eigenvalue weighted by atomic mass is 10.1. The van der Waals surface area contributed by atoms with E-state index in [1.165, 1.54) is 11.8 Å². The van der Waals surface area contributed by atoms with Crippen LogP contribution in [0.1, 0.15) is 41.7 Å². The summed E-state index contributed by atoms with van der Waals surface area (Å²) in [4.78, 5) is 55.4. The lowest BCUT2D eigenvalue weighted by Crippen LogP contribution is -2.43. The van der Waals surface area contributed by atoms with Gasteiger partial charge in [-0.25, -0.2) is 0 Å². The van der Waals surface area contributed by atoms with E-state index in [1.807, 2.05) is 84.5 Å². The van der Waals surface area contributed by atoms with Gasteiger partial charge in [-0.2, -0.15) is 11.8 Å². The van der Waals surface area contributed by atoms with E-state index in [1.54, 1.807) is 21.1 Å². The van der Waals surface area contributed by atoms with E-state index in [4.69, 9.17) is 0 Å². The van der Waals surface area contributed by atoms with Crippen molar-refractivity contribution < 1.29 is 19.2 Å². The Kier molecular flexibility index (Phi) is 10.3. The Labute approximate surface area is 260 Å². The number of carbonyl (C=O) groups excluding carboxylic acids is 4. The Balaban J connectivity index is 1.11. The standard InChI is InChI=1S/C33H36N4O4S2/c1-42-22-31(39)37-19-3-7-29(37)33(41)35-26-16-12-24(13-17-26)9-8-23-10-14-25(15-11-23)34-32(40)28-6-2-18-36(28)30(38)21-27-5-4-20-43-27/h4-5,8-17,20,28-29H,2-3,6-7,18-19,21-22H2,1H3,(H,34,40)(H,35,41)/b9-8+/t28-,29?/m0/s1. The van der Waals surface area contributed by atoms with Crippen LogP contribution in [0.5, 0.6) is 0 Å². The van der Waals surface area contributed by atoms with E-state index in [0.29, 0.717) is 49.5 Å². The number of nitrogens with zero attached hydrogens (tertiary/aromatic N) is 2. The van der Waals surface area contributed by atoms with Crippen LogP contribution in [0.3, 0.4) is 0 Å². The van der Waals surface area contributed by atoms with Crippen molar-refractivity contribution in [3.8, 4) is 0 Å². The van der Waals surface area contributed by atoms with E-state index in [-0.39, 0.29) is 23.6 Å². The first-order valence-electron chi connectivity index (χ1n) is 14.5. The minimum absolute atomic E-state index is 0.00499. The number of rotatable bonds is 10. The molecule has 2 aromatic carbocycles. The Bertz CT molecular complexity index is 1460. The smallest absolute Gasteiger partial charge is 0.247 e. The molecule has 2 atom stereocenters. The molecular weight excluding hydrogens is 581 g/mol. The molecule has 8 nitrogen and oxygen atoms in total. The molecule has 1 aromatic heterocycles. The second-order valence-corrected chi connectivity index (χ2v) is 12.6. The van der Waals surface area contributed by atoms with Crippen molar-refractivity contribution in [2.24, 2.45) is 0 Å². The van der Waals surface area contributed by atoms with E-state index in [2.05, 4.69) is 10.6 Å². The van der Waals surface area contributed by atoms with Crippen molar-refractivity contribution in [2.75, 3.05) is 35.7 Å². The molecule has 2 N–H and O–H groups in total. The number of anilines is 2. The molecule has 10 heteroatoms. The summed E-state index contributed by atoms with van der Waals surface area (Å²) in [6, 6.07) is 18.2. The Hall–Kier alpha value is -3.89. The van der Waals surface area contributed by atoms with Gasteiger partial charge in [-0.05, 0) is 78.8 Å². The summed E-state index contributed by atoms with van der Waals surface area (Å²) in [7, 11) is 0. The maximum Gasteiger partial charge on any atom is 0.247 e. The molecule has 2 aliphatic heterocycles. The normalized spacial score (nSPS) is 18.3. The van der Waals surface area contributed by atoms with Crippen molar-refractivity contribution in [3.05, 3.63) is 82.0 Å². The van der Waals surface area contributed by atoms with Gasteiger partial charge in [-0.1, -0.05) is 42.5 Å². The predicted molar refractivity (Wildman–Crippen MR) is 175 cm³/mol. The fraction of sp³-hybridized carbons (Fsp3) is 0.333. The summed E-state index contributed by atoms with van der Waals surface area (Å²) in [6.07, 6.45) is 9.20. The van der Waals surface area contributed by atoms with E-state index < -0.39 is 12.1 Å². The molecule has 0 saturated carbocycles. The highest BCUT2D eigenvalue weighted by molar-refractivity contribution is 7.99. The highest BCUT2D eigenvalue weighted by Gasteiger charge is 2.35. The maximum absolute atomic E-state index is 13.0. The summed E-state index contributed by atoms with van der Waals surface area (Å²) >= 11 is 3.02. The monoisotopic (exact) mass is 616 g/mol. The van der Waals surface area contributed by atoms with E-state index >= 15 is 0 Å². The van der Waals surface area contributed by atoms with Crippen molar-refractivity contribution in [1.82, 2.24) is 9.80 Å². The molecular formula is C33H36N4O4S2. The molecule has 1 unspecified atom stereocenters. The third-order valence-electron chi connectivity index (χ3n) is 7.75. The van der Waals surface area contributed by atoms with Gasteiger partial charge >= 0.3 is 0 Å². The Morgan fingerprint density at radius 2 is 1.30 bits per heavy atom. The number of thiophene rings is 1. The van der Waals surface area contributed by atoms with Crippen LogP contribution in [-0.2, 0) is 25.6 Å². The van der Waals surface area contributed by atoms with Gasteiger partial charge < -0.3 is 20.4 Å². The summed E-state index contributed by atoms with van der Waals surface area (Å²) in [5, 5.41) is 7.88. The number of likely N-dealkylation sites (tertiary alicyclic amines) is 2. The molecule has 0 radical (unpaired) electrons. The predicted octanol–water partition coefficient (Wildman–Crippen LogP) is 5.38.